The van der Waals surface area contributed by atoms with E-state index in [-0.39, 0.29) is 5.56 Å². The van der Waals surface area contributed by atoms with Crippen LogP contribution in [0.1, 0.15) is 11.3 Å². The third kappa shape index (κ3) is 3.74. The number of H-pyrrole nitrogens is 3. The van der Waals surface area contributed by atoms with Gasteiger partial charge >= 0.3 is 0 Å². The van der Waals surface area contributed by atoms with Crippen molar-refractivity contribution in [3.8, 4) is 22.5 Å². The molecule has 0 aliphatic rings. The van der Waals surface area contributed by atoms with E-state index < -0.39 is 11.6 Å². The van der Waals surface area contributed by atoms with Gasteiger partial charge in [-0.3, -0.25) is 15.0 Å². The lowest BCUT2D eigenvalue weighted by molar-refractivity contribution is 0.506. The molecule has 3 heterocycles. The van der Waals surface area contributed by atoms with Gasteiger partial charge in [-0.15, -0.1) is 0 Å². The number of aromatic nitrogens is 5. The van der Waals surface area contributed by atoms with Crippen molar-refractivity contribution >= 4 is 0 Å². The Bertz CT molecular complexity index is 1140. The first-order valence-electron chi connectivity index (χ1n) is 8.52. The molecule has 0 aliphatic heterocycles. The molecule has 0 spiro atoms. The average Bonchev–Trinajstić information content (AvgIpc) is 3.34. The molecule has 0 fully saturated rings. The fraction of sp³-hybridized carbons (Fsp3) is 0.105. The Morgan fingerprint density at radius 1 is 1.00 bits per heavy atom. The van der Waals surface area contributed by atoms with Gasteiger partial charge in [-0.25, -0.2) is 8.78 Å². The Morgan fingerprint density at radius 2 is 1.89 bits per heavy atom. The number of benzene rings is 1. The molecule has 4 rings (SSSR count). The van der Waals surface area contributed by atoms with Crippen molar-refractivity contribution in [1.29, 1.82) is 0 Å². The molecule has 0 radical (unpaired) electrons. The Morgan fingerprint density at radius 3 is 2.68 bits per heavy atom. The quantitative estimate of drug-likeness (QED) is 0.412. The number of nitrogens with zero attached hydrogens (tertiary/aromatic N) is 2. The van der Waals surface area contributed by atoms with E-state index in [0.717, 1.165) is 28.6 Å². The van der Waals surface area contributed by atoms with E-state index >= 15 is 0 Å². The second-order valence-electron chi connectivity index (χ2n) is 6.23. The number of pyridine rings is 1. The average molecular weight is 382 g/mol. The third-order valence-corrected chi connectivity index (χ3v) is 4.25. The normalized spacial score (nSPS) is 11.1. The highest BCUT2D eigenvalue weighted by atomic mass is 19.2. The van der Waals surface area contributed by atoms with Crippen LogP contribution in [0.4, 0.5) is 8.78 Å². The van der Waals surface area contributed by atoms with Crippen LogP contribution < -0.4 is 10.9 Å². The monoisotopic (exact) mass is 382 g/mol. The van der Waals surface area contributed by atoms with E-state index in [0.29, 0.717) is 24.3 Å². The SMILES string of the molecule is O=c1ccc(-c2cn[nH]c2-c2cc(CNCc3ccc(F)c(F)c3)[nH]n2)c[nH]1. The minimum atomic E-state index is -0.864. The van der Waals surface area contributed by atoms with Gasteiger partial charge in [0.15, 0.2) is 11.6 Å². The zero-order valence-electron chi connectivity index (χ0n) is 14.6. The summed E-state index contributed by atoms with van der Waals surface area (Å²) in [5.74, 6) is -1.73. The summed E-state index contributed by atoms with van der Waals surface area (Å²) in [7, 11) is 0. The van der Waals surface area contributed by atoms with Crippen molar-refractivity contribution < 1.29 is 8.78 Å². The van der Waals surface area contributed by atoms with Crippen LogP contribution >= 0.6 is 0 Å². The Hall–Kier alpha value is -3.59. The minimum Gasteiger partial charge on any atom is -0.328 e. The number of hydrogen-bond acceptors (Lipinski definition) is 4. The van der Waals surface area contributed by atoms with Crippen LogP contribution in [0.15, 0.2) is 53.6 Å². The number of rotatable bonds is 6. The van der Waals surface area contributed by atoms with Crippen LogP contribution in [0.25, 0.3) is 22.5 Å². The van der Waals surface area contributed by atoms with E-state index in [1.165, 1.54) is 18.2 Å². The lowest BCUT2D eigenvalue weighted by atomic mass is 10.1. The molecule has 0 saturated carbocycles. The van der Waals surface area contributed by atoms with Gasteiger partial charge in [0.1, 0.15) is 5.69 Å². The predicted molar refractivity (Wildman–Crippen MR) is 99.1 cm³/mol. The molecular weight excluding hydrogens is 366 g/mol. The molecule has 4 aromatic rings. The van der Waals surface area contributed by atoms with Crippen molar-refractivity contribution in [3.05, 3.63) is 82.0 Å². The van der Waals surface area contributed by atoms with Crippen molar-refractivity contribution in [2.45, 2.75) is 13.1 Å². The largest absolute Gasteiger partial charge is 0.328 e. The Labute approximate surface area is 157 Å². The molecule has 0 aliphatic carbocycles. The maximum Gasteiger partial charge on any atom is 0.247 e. The lowest BCUT2D eigenvalue weighted by Gasteiger charge is -2.04. The number of hydrogen-bond donors (Lipinski definition) is 4. The first-order chi connectivity index (χ1) is 13.6. The fourth-order valence-electron chi connectivity index (χ4n) is 2.85. The molecule has 0 atom stereocenters. The van der Waals surface area contributed by atoms with Crippen molar-refractivity contribution in [3.63, 3.8) is 0 Å². The van der Waals surface area contributed by atoms with Crippen LogP contribution in [0.2, 0.25) is 0 Å². The van der Waals surface area contributed by atoms with Gasteiger partial charge in [-0.05, 0) is 29.8 Å². The van der Waals surface area contributed by atoms with Gasteiger partial charge in [0.2, 0.25) is 5.56 Å². The molecule has 3 aromatic heterocycles. The fourth-order valence-corrected chi connectivity index (χ4v) is 2.85. The van der Waals surface area contributed by atoms with E-state index in [1.54, 1.807) is 18.5 Å². The smallest absolute Gasteiger partial charge is 0.247 e. The molecule has 1 aromatic carbocycles. The van der Waals surface area contributed by atoms with Crippen molar-refractivity contribution in [1.82, 2.24) is 30.7 Å². The second kappa shape index (κ2) is 7.57. The van der Waals surface area contributed by atoms with Crippen LogP contribution in [0.3, 0.4) is 0 Å². The highest BCUT2D eigenvalue weighted by Crippen LogP contribution is 2.28. The molecule has 9 heteroatoms. The maximum absolute atomic E-state index is 13.2. The first kappa shape index (κ1) is 17.8. The summed E-state index contributed by atoms with van der Waals surface area (Å²) in [6.45, 7) is 0.854. The number of nitrogens with one attached hydrogen (secondary N) is 4. The Kier molecular flexibility index (Phi) is 4.81. The van der Waals surface area contributed by atoms with Crippen LogP contribution in [-0.2, 0) is 13.1 Å². The summed E-state index contributed by atoms with van der Waals surface area (Å²) < 4.78 is 26.2. The molecular formula is C19H16F2N6O. The molecule has 0 saturated heterocycles. The van der Waals surface area contributed by atoms with Crippen molar-refractivity contribution in [2.75, 3.05) is 0 Å². The molecule has 142 valence electrons. The van der Waals surface area contributed by atoms with E-state index in [9.17, 15) is 13.6 Å². The van der Waals surface area contributed by atoms with E-state index in [1.807, 2.05) is 6.07 Å². The first-order valence-corrected chi connectivity index (χ1v) is 8.52. The molecule has 0 amide bonds. The lowest BCUT2D eigenvalue weighted by Crippen LogP contribution is -2.13. The molecule has 0 unspecified atom stereocenters. The highest BCUT2D eigenvalue weighted by Gasteiger charge is 2.13. The minimum absolute atomic E-state index is 0.178. The second-order valence-corrected chi connectivity index (χ2v) is 6.23. The predicted octanol–water partition coefficient (Wildman–Crippen LogP) is 2.72. The van der Waals surface area contributed by atoms with Gasteiger partial charge in [0.05, 0.1) is 11.9 Å². The third-order valence-electron chi connectivity index (χ3n) is 4.25. The van der Waals surface area contributed by atoms with Gasteiger partial charge < -0.3 is 10.3 Å². The summed E-state index contributed by atoms with van der Waals surface area (Å²) >= 11 is 0. The van der Waals surface area contributed by atoms with Crippen molar-refractivity contribution in [2.24, 2.45) is 0 Å². The zero-order valence-corrected chi connectivity index (χ0v) is 14.6. The summed E-state index contributed by atoms with van der Waals surface area (Å²) in [4.78, 5) is 13.9. The Balaban J connectivity index is 1.45. The van der Waals surface area contributed by atoms with E-state index in [2.05, 4.69) is 30.7 Å². The van der Waals surface area contributed by atoms with E-state index in [4.69, 9.17) is 0 Å². The number of aromatic amines is 3. The highest BCUT2D eigenvalue weighted by molar-refractivity contribution is 5.78. The summed E-state index contributed by atoms with van der Waals surface area (Å²) in [5.41, 5.74) is 4.29. The molecule has 7 nitrogen and oxygen atoms in total. The van der Waals surface area contributed by atoms with Gasteiger partial charge in [-0.2, -0.15) is 10.2 Å². The van der Waals surface area contributed by atoms with Crippen LogP contribution in [0.5, 0.6) is 0 Å². The zero-order chi connectivity index (χ0) is 19.5. The number of halogens is 2. The summed E-state index contributed by atoms with van der Waals surface area (Å²) in [6.07, 6.45) is 3.28. The summed E-state index contributed by atoms with van der Waals surface area (Å²) in [6, 6.07) is 8.83. The van der Waals surface area contributed by atoms with Gasteiger partial charge in [0, 0.05) is 42.2 Å². The topological polar surface area (TPSA) is 102 Å². The van der Waals surface area contributed by atoms with Gasteiger partial charge in [0.25, 0.3) is 0 Å². The van der Waals surface area contributed by atoms with Crippen LogP contribution in [-0.4, -0.2) is 25.4 Å². The molecule has 28 heavy (non-hydrogen) atoms. The maximum atomic E-state index is 13.2. The summed E-state index contributed by atoms with van der Waals surface area (Å²) in [5, 5.41) is 17.4. The molecule has 0 bridgehead atoms. The molecule has 4 N–H and O–H groups in total. The van der Waals surface area contributed by atoms with Gasteiger partial charge in [-0.1, -0.05) is 6.07 Å². The van der Waals surface area contributed by atoms with Crippen LogP contribution in [0, 0.1) is 11.6 Å². The standard InChI is InChI=1S/C19H16F2N6O/c20-15-3-1-11(5-16(15)21)7-22-9-13-6-17(26-25-13)19-14(10-24-27-19)12-2-4-18(28)23-8-12/h1-6,8,10,22H,7,9H2,(H,23,28)(H,24,27)(H,25,26).